The van der Waals surface area contributed by atoms with Gasteiger partial charge < -0.3 is 26.4 Å². The van der Waals surface area contributed by atoms with Crippen LogP contribution in [0.5, 0.6) is 0 Å². The molecule has 6 N–H and O–H groups in total. The Kier molecular flexibility index (Phi) is 7.11. The molecule has 1 saturated carbocycles. The Balaban J connectivity index is 1.36. The SMILES string of the molecule is C[C@@H](CNC(=O)CN1C(=O)N[C@@H](CCCNC2=N[C@H]3CCCC[C@H]3N2)C1=O)C(=O)[OH2+]. The Morgan fingerprint density at radius 3 is 2.77 bits per heavy atom. The molecule has 0 radical (unpaired) electrons. The second kappa shape index (κ2) is 9.77. The second-order valence-corrected chi connectivity index (χ2v) is 8.15. The number of nitrogens with one attached hydrogen (secondary N) is 4. The van der Waals surface area contributed by atoms with Crippen LogP contribution in [0.15, 0.2) is 4.99 Å². The molecule has 0 aromatic heterocycles. The molecule has 4 atom stereocenters. The van der Waals surface area contributed by atoms with Crippen molar-refractivity contribution >= 4 is 29.8 Å². The van der Waals surface area contributed by atoms with Gasteiger partial charge in [0.25, 0.3) is 5.91 Å². The molecule has 0 spiro atoms. The third kappa shape index (κ3) is 5.39. The quantitative estimate of drug-likeness (QED) is 0.202. The minimum absolute atomic E-state index is 0.000446. The van der Waals surface area contributed by atoms with Crippen molar-refractivity contribution in [2.45, 2.75) is 63.6 Å². The summed E-state index contributed by atoms with van der Waals surface area (Å²) in [6, 6.07) is -0.455. The minimum atomic E-state index is -0.781. The zero-order valence-corrected chi connectivity index (χ0v) is 17.2. The normalized spacial score (nSPS) is 26.4. The maximum Gasteiger partial charge on any atom is 0.520 e. The van der Waals surface area contributed by atoms with Crippen molar-refractivity contribution < 1.29 is 24.3 Å². The number of aliphatic imine (C=N–C) groups is 1. The summed E-state index contributed by atoms with van der Waals surface area (Å²) in [4.78, 5) is 52.9. The fourth-order valence-corrected chi connectivity index (χ4v) is 3.90. The number of guanidine groups is 1. The first-order valence-electron chi connectivity index (χ1n) is 10.6. The van der Waals surface area contributed by atoms with E-state index in [1.54, 1.807) is 0 Å². The first kappa shape index (κ1) is 21.8. The Labute approximate surface area is 175 Å². The van der Waals surface area contributed by atoms with Gasteiger partial charge in [-0.25, -0.2) is 9.79 Å². The van der Waals surface area contributed by atoms with Gasteiger partial charge >= 0.3 is 12.0 Å². The standard InChI is InChI=1S/C19H30N6O5/c1-11(17(28)29)9-21-15(26)10-25-16(27)14(24-19(25)30)7-4-8-20-18-22-12-5-2-3-6-13(12)23-18/h11-14H,2-10H2,1H3,(H,21,26)(H,24,30)(H,28,29)(H2,20,22,23)/p+1/t11-,12-,13+,14-/m0/s1. The van der Waals surface area contributed by atoms with E-state index in [0.29, 0.717) is 31.5 Å². The third-order valence-corrected chi connectivity index (χ3v) is 5.77. The van der Waals surface area contributed by atoms with Crippen LogP contribution in [0.25, 0.3) is 0 Å². The lowest BCUT2D eigenvalue weighted by Gasteiger charge is -2.23. The minimum Gasteiger partial charge on any atom is -0.564 e. The van der Waals surface area contributed by atoms with Crippen LogP contribution >= 0.6 is 0 Å². The average molecular weight is 423 g/mol. The highest BCUT2D eigenvalue weighted by Crippen LogP contribution is 2.24. The molecule has 4 amide bonds. The van der Waals surface area contributed by atoms with Gasteiger partial charge in [0.1, 0.15) is 18.5 Å². The summed E-state index contributed by atoms with van der Waals surface area (Å²) in [6.07, 6.45) is 5.84. The van der Waals surface area contributed by atoms with Crippen molar-refractivity contribution in [2.75, 3.05) is 19.6 Å². The molecule has 0 unspecified atom stereocenters. The van der Waals surface area contributed by atoms with Crippen molar-refractivity contribution in [1.29, 1.82) is 0 Å². The van der Waals surface area contributed by atoms with Crippen LogP contribution < -0.4 is 21.3 Å². The first-order valence-corrected chi connectivity index (χ1v) is 10.6. The van der Waals surface area contributed by atoms with E-state index in [4.69, 9.17) is 5.11 Å². The van der Waals surface area contributed by atoms with Crippen LogP contribution in [0.4, 0.5) is 4.79 Å². The van der Waals surface area contributed by atoms with Gasteiger partial charge in [0, 0.05) is 17.9 Å². The summed E-state index contributed by atoms with van der Waals surface area (Å²) in [7, 11) is 0. The van der Waals surface area contributed by atoms with Crippen molar-refractivity contribution in [2.24, 2.45) is 10.9 Å². The molecule has 2 heterocycles. The molecule has 11 heteroatoms. The summed E-state index contributed by atoms with van der Waals surface area (Å²) in [5.41, 5.74) is 0. The number of carbonyl (C=O) groups excluding carboxylic acids is 4. The van der Waals surface area contributed by atoms with Gasteiger partial charge in [0.05, 0.1) is 12.1 Å². The molecule has 30 heavy (non-hydrogen) atoms. The van der Waals surface area contributed by atoms with Crippen LogP contribution in [0.2, 0.25) is 0 Å². The van der Waals surface area contributed by atoms with Crippen LogP contribution in [0.1, 0.15) is 45.4 Å². The zero-order chi connectivity index (χ0) is 21.7. The number of imide groups is 1. The molecule has 3 aliphatic rings. The molecular formula is C19H31N6O5+. The van der Waals surface area contributed by atoms with Gasteiger partial charge in [-0.2, -0.15) is 0 Å². The van der Waals surface area contributed by atoms with Crippen molar-refractivity contribution in [3.05, 3.63) is 0 Å². The maximum atomic E-state index is 12.4. The van der Waals surface area contributed by atoms with Crippen LogP contribution in [0, 0.1) is 5.92 Å². The smallest absolute Gasteiger partial charge is 0.520 e. The van der Waals surface area contributed by atoms with E-state index in [1.807, 2.05) is 0 Å². The third-order valence-electron chi connectivity index (χ3n) is 5.77. The molecule has 0 aromatic rings. The van der Waals surface area contributed by atoms with E-state index in [-0.39, 0.29) is 6.54 Å². The molecule has 11 nitrogen and oxygen atoms in total. The summed E-state index contributed by atoms with van der Waals surface area (Å²) in [6.45, 7) is 1.75. The van der Waals surface area contributed by atoms with Gasteiger partial charge in [-0.15, -0.1) is 0 Å². The number of amides is 4. The van der Waals surface area contributed by atoms with Crippen LogP contribution in [0.3, 0.4) is 0 Å². The molecule has 3 rings (SSSR count). The number of urea groups is 1. The fourth-order valence-electron chi connectivity index (χ4n) is 3.90. The highest BCUT2D eigenvalue weighted by molar-refractivity contribution is 6.06. The van der Waals surface area contributed by atoms with Gasteiger partial charge in [0.15, 0.2) is 5.96 Å². The summed E-state index contributed by atoms with van der Waals surface area (Å²) >= 11 is 0. The Morgan fingerprint density at radius 1 is 1.27 bits per heavy atom. The van der Waals surface area contributed by atoms with E-state index in [9.17, 15) is 19.2 Å². The second-order valence-electron chi connectivity index (χ2n) is 8.15. The zero-order valence-electron chi connectivity index (χ0n) is 17.2. The number of hydrogen-bond acceptors (Lipinski definition) is 7. The lowest BCUT2D eigenvalue weighted by Crippen LogP contribution is -2.43. The molecule has 2 aliphatic heterocycles. The van der Waals surface area contributed by atoms with Crippen molar-refractivity contribution in [3.63, 3.8) is 0 Å². The van der Waals surface area contributed by atoms with Gasteiger partial charge in [-0.05, 0) is 32.6 Å². The number of hydrogen-bond donors (Lipinski definition) is 4. The van der Waals surface area contributed by atoms with Crippen LogP contribution in [-0.4, -0.2) is 77.5 Å². The van der Waals surface area contributed by atoms with Gasteiger partial charge in [-0.1, -0.05) is 12.8 Å². The summed E-state index contributed by atoms with van der Waals surface area (Å²) < 4.78 is 0. The van der Waals surface area contributed by atoms with Crippen molar-refractivity contribution in [1.82, 2.24) is 26.2 Å². The molecule has 0 aromatic carbocycles. The summed E-state index contributed by atoms with van der Waals surface area (Å²) in [5.74, 6) is -1.58. The fraction of sp³-hybridized carbons (Fsp3) is 0.737. The lowest BCUT2D eigenvalue weighted by atomic mass is 9.92. The molecule has 2 fully saturated rings. The highest BCUT2D eigenvalue weighted by atomic mass is 16.4. The summed E-state index contributed by atoms with van der Waals surface area (Å²) in [5, 5.41) is 18.7. The predicted octanol–water partition coefficient (Wildman–Crippen LogP) is -1.45. The lowest BCUT2D eigenvalue weighted by molar-refractivity contribution is -0.141. The van der Waals surface area contributed by atoms with E-state index < -0.39 is 42.3 Å². The van der Waals surface area contributed by atoms with E-state index in [2.05, 4.69) is 26.3 Å². The molecule has 1 saturated heterocycles. The Hall–Kier alpha value is -2.85. The molecule has 0 bridgehead atoms. The average Bonchev–Trinajstić information content (AvgIpc) is 3.24. The van der Waals surface area contributed by atoms with E-state index >= 15 is 0 Å². The van der Waals surface area contributed by atoms with E-state index in [1.165, 1.54) is 19.8 Å². The first-order chi connectivity index (χ1) is 14.3. The predicted molar refractivity (Wildman–Crippen MR) is 109 cm³/mol. The van der Waals surface area contributed by atoms with E-state index in [0.717, 1.165) is 23.7 Å². The van der Waals surface area contributed by atoms with Gasteiger partial charge in [0.2, 0.25) is 5.91 Å². The van der Waals surface area contributed by atoms with Crippen molar-refractivity contribution in [3.8, 4) is 0 Å². The Morgan fingerprint density at radius 2 is 2.03 bits per heavy atom. The van der Waals surface area contributed by atoms with Crippen LogP contribution in [-0.2, 0) is 14.4 Å². The highest BCUT2D eigenvalue weighted by Gasteiger charge is 2.38. The monoisotopic (exact) mass is 423 g/mol. The number of nitrogens with zero attached hydrogens (tertiary/aromatic N) is 2. The number of carbonyl (C=O) groups is 4. The topological polar surface area (TPSA) is 155 Å². The Bertz CT molecular complexity index is 726. The van der Waals surface area contributed by atoms with Gasteiger partial charge in [-0.3, -0.25) is 14.5 Å². The molecule has 166 valence electrons. The maximum absolute atomic E-state index is 12.4. The molecule has 1 aliphatic carbocycles. The molecular weight excluding hydrogens is 392 g/mol. The number of fused-ring (bicyclic) bond motifs is 1. The largest absolute Gasteiger partial charge is 0.564 e. The number of rotatable bonds is 9.